The monoisotopic (exact) mass is 422 g/mol. The molecule has 0 aliphatic carbocycles. The van der Waals surface area contributed by atoms with Crippen molar-refractivity contribution in [2.75, 3.05) is 25.5 Å². The van der Waals surface area contributed by atoms with Crippen LogP contribution >= 0.6 is 11.6 Å². The van der Waals surface area contributed by atoms with Crippen LogP contribution in [0.4, 0.5) is 5.82 Å². The molecule has 11 heteroatoms. The number of hydrogen-bond acceptors (Lipinski definition) is 7. The molecular weight excluding hydrogens is 404 g/mol. The van der Waals surface area contributed by atoms with Gasteiger partial charge in [0.2, 0.25) is 10.0 Å². The number of aromatic nitrogens is 4. The fraction of sp³-hybridized carbons (Fsp3) is 0.235. The van der Waals surface area contributed by atoms with E-state index in [1.165, 1.54) is 19.2 Å². The van der Waals surface area contributed by atoms with Crippen LogP contribution in [0.3, 0.4) is 0 Å². The largest absolute Gasteiger partial charge is 0.495 e. The number of anilines is 1. The second kappa shape index (κ2) is 8.55. The molecule has 28 heavy (non-hydrogen) atoms. The summed E-state index contributed by atoms with van der Waals surface area (Å²) in [7, 11) is -2.37. The number of ether oxygens (including phenoxy) is 1. The summed E-state index contributed by atoms with van der Waals surface area (Å²) in [6, 6.07) is 9.80. The molecular formula is C17H19ClN6O3S. The van der Waals surface area contributed by atoms with Gasteiger partial charge < -0.3 is 10.1 Å². The van der Waals surface area contributed by atoms with E-state index in [1.807, 2.05) is 13.0 Å². The Labute approximate surface area is 167 Å². The quantitative estimate of drug-likeness (QED) is 0.534. The maximum Gasteiger partial charge on any atom is 0.244 e. The molecule has 0 aliphatic heterocycles. The molecule has 0 saturated heterocycles. The van der Waals surface area contributed by atoms with Crippen molar-refractivity contribution in [3.8, 4) is 11.6 Å². The molecule has 0 aliphatic rings. The lowest BCUT2D eigenvalue weighted by atomic mass is 10.3. The van der Waals surface area contributed by atoms with Crippen LogP contribution in [0.2, 0.25) is 5.02 Å². The van der Waals surface area contributed by atoms with Gasteiger partial charge in [0.15, 0.2) is 5.82 Å². The van der Waals surface area contributed by atoms with Crippen molar-refractivity contribution < 1.29 is 13.2 Å². The zero-order chi connectivity index (χ0) is 20.1. The molecule has 2 N–H and O–H groups in total. The molecule has 0 radical (unpaired) electrons. The van der Waals surface area contributed by atoms with E-state index in [0.717, 1.165) is 5.69 Å². The first-order chi connectivity index (χ1) is 13.4. The first-order valence-electron chi connectivity index (χ1n) is 8.32. The third-order valence-electron chi connectivity index (χ3n) is 3.75. The second-order valence-electron chi connectivity index (χ2n) is 5.80. The van der Waals surface area contributed by atoms with E-state index in [4.69, 9.17) is 16.3 Å². The standard InChI is InChI=1S/C17H19ClN6O3S/c1-12-7-10-24(23-12)17-6-5-16(21-22-17)19-8-9-20-28(25,26)15-11-13(18)3-4-14(15)27-2/h3-7,10-11,20H,8-9H2,1-2H3,(H,19,21). The highest BCUT2D eigenvalue weighted by atomic mass is 35.5. The third-order valence-corrected chi connectivity index (χ3v) is 5.46. The lowest BCUT2D eigenvalue weighted by Gasteiger charge is -2.11. The van der Waals surface area contributed by atoms with Gasteiger partial charge in [0.25, 0.3) is 0 Å². The molecule has 0 atom stereocenters. The number of sulfonamides is 1. The fourth-order valence-corrected chi connectivity index (χ4v) is 3.86. The molecule has 3 aromatic rings. The summed E-state index contributed by atoms with van der Waals surface area (Å²) in [5.41, 5.74) is 0.882. The lowest BCUT2D eigenvalue weighted by Crippen LogP contribution is -2.29. The minimum absolute atomic E-state index is 0.0128. The number of nitrogens with zero attached hydrogens (tertiary/aromatic N) is 4. The minimum Gasteiger partial charge on any atom is -0.495 e. The Kier molecular flexibility index (Phi) is 6.12. The third kappa shape index (κ3) is 4.77. The van der Waals surface area contributed by atoms with Crippen LogP contribution in [0.5, 0.6) is 5.75 Å². The number of nitrogens with one attached hydrogen (secondary N) is 2. The Bertz CT molecular complexity index is 1050. The summed E-state index contributed by atoms with van der Waals surface area (Å²) in [6.07, 6.45) is 1.80. The van der Waals surface area contributed by atoms with Gasteiger partial charge in [-0.2, -0.15) is 5.10 Å². The van der Waals surface area contributed by atoms with Crippen LogP contribution in [-0.2, 0) is 10.0 Å². The maximum atomic E-state index is 12.5. The van der Waals surface area contributed by atoms with Gasteiger partial charge >= 0.3 is 0 Å². The summed E-state index contributed by atoms with van der Waals surface area (Å²) < 4.78 is 34.1. The molecule has 2 heterocycles. The number of rotatable bonds is 8. The fourth-order valence-electron chi connectivity index (χ4n) is 2.40. The minimum atomic E-state index is -3.77. The van der Waals surface area contributed by atoms with Crippen molar-refractivity contribution in [3.63, 3.8) is 0 Å². The topological polar surface area (TPSA) is 111 Å². The maximum absolute atomic E-state index is 12.5. The zero-order valence-electron chi connectivity index (χ0n) is 15.3. The predicted molar refractivity (Wildman–Crippen MR) is 106 cm³/mol. The number of hydrogen-bond donors (Lipinski definition) is 2. The lowest BCUT2D eigenvalue weighted by molar-refractivity contribution is 0.402. The molecule has 0 saturated carbocycles. The van der Waals surface area contributed by atoms with Gasteiger partial charge in [-0.15, -0.1) is 10.2 Å². The Morgan fingerprint density at radius 2 is 1.96 bits per heavy atom. The predicted octanol–water partition coefficient (Wildman–Crippen LogP) is 2.02. The molecule has 0 unspecified atom stereocenters. The van der Waals surface area contributed by atoms with Crippen molar-refractivity contribution in [2.24, 2.45) is 0 Å². The Morgan fingerprint density at radius 1 is 1.14 bits per heavy atom. The van der Waals surface area contributed by atoms with Crippen LogP contribution in [0.15, 0.2) is 47.5 Å². The number of halogens is 1. The van der Waals surface area contributed by atoms with E-state index in [-0.39, 0.29) is 17.2 Å². The van der Waals surface area contributed by atoms with Crippen LogP contribution in [0.25, 0.3) is 5.82 Å². The summed E-state index contributed by atoms with van der Waals surface area (Å²) in [5, 5.41) is 15.7. The molecule has 9 nitrogen and oxygen atoms in total. The smallest absolute Gasteiger partial charge is 0.244 e. The van der Waals surface area contributed by atoms with Crippen LogP contribution in [0.1, 0.15) is 5.69 Å². The Morgan fingerprint density at radius 3 is 2.61 bits per heavy atom. The molecule has 0 bridgehead atoms. The summed E-state index contributed by atoms with van der Waals surface area (Å²) in [6.45, 7) is 2.34. The molecule has 0 spiro atoms. The Hall–Kier alpha value is -2.69. The number of methoxy groups -OCH3 is 1. The van der Waals surface area contributed by atoms with Crippen LogP contribution in [-0.4, -0.2) is 48.6 Å². The summed E-state index contributed by atoms with van der Waals surface area (Å²) in [4.78, 5) is -0.0128. The highest BCUT2D eigenvalue weighted by Gasteiger charge is 2.19. The Balaban J connectivity index is 1.56. The summed E-state index contributed by atoms with van der Waals surface area (Å²) in [5.74, 6) is 1.33. The molecule has 2 aromatic heterocycles. The van der Waals surface area contributed by atoms with E-state index in [9.17, 15) is 8.42 Å². The van der Waals surface area contributed by atoms with Gasteiger partial charge in [-0.1, -0.05) is 11.6 Å². The average Bonchev–Trinajstić information content (AvgIpc) is 3.12. The molecule has 3 rings (SSSR count). The van der Waals surface area contributed by atoms with E-state index in [1.54, 1.807) is 29.1 Å². The van der Waals surface area contributed by atoms with E-state index >= 15 is 0 Å². The van der Waals surface area contributed by atoms with Crippen molar-refractivity contribution >= 4 is 27.4 Å². The second-order valence-corrected chi connectivity index (χ2v) is 7.97. The van der Waals surface area contributed by atoms with Crippen LogP contribution < -0.4 is 14.8 Å². The van der Waals surface area contributed by atoms with Crippen LogP contribution in [0, 0.1) is 6.92 Å². The van der Waals surface area contributed by atoms with E-state index in [0.29, 0.717) is 23.2 Å². The summed E-state index contributed by atoms with van der Waals surface area (Å²) >= 11 is 5.90. The number of aryl methyl sites for hydroxylation is 1. The van der Waals surface area contributed by atoms with Gasteiger partial charge in [0, 0.05) is 24.3 Å². The average molecular weight is 423 g/mol. The van der Waals surface area contributed by atoms with Gasteiger partial charge in [-0.3, -0.25) is 0 Å². The highest BCUT2D eigenvalue weighted by Crippen LogP contribution is 2.26. The normalized spacial score (nSPS) is 11.4. The van der Waals surface area contributed by atoms with Crippen molar-refractivity contribution in [2.45, 2.75) is 11.8 Å². The molecule has 0 amide bonds. The highest BCUT2D eigenvalue weighted by molar-refractivity contribution is 7.89. The number of benzene rings is 1. The molecule has 0 fully saturated rings. The van der Waals surface area contributed by atoms with Gasteiger partial charge in [0.1, 0.15) is 16.5 Å². The van der Waals surface area contributed by atoms with Crippen molar-refractivity contribution in [1.82, 2.24) is 24.7 Å². The molecule has 1 aromatic carbocycles. The first kappa shape index (κ1) is 20.1. The van der Waals surface area contributed by atoms with E-state index < -0.39 is 10.0 Å². The van der Waals surface area contributed by atoms with Gasteiger partial charge in [-0.05, 0) is 43.3 Å². The zero-order valence-corrected chi connectivity index (χ0v) is 16.8. The first-order valence-corrected chi connectivity index (χ1v) is 10.2. The van der Waals surface area contributed by atoms with Crippen molar-refractivity contribution in [1.29, 1.82) is 0 Å². The van der Waals surface area contributed by atoms with Gasteiger partial charge in [-0.25, -0.2) is 17.8 Å². The van der Waals surface area contributed by atoms with E-state index in [2.05, 4.69) is 25.3 Å². The molecule has 148 valence electrons. The van der Waals surface area contributed by atoms with Crippen molar-refractivity contribution in [3.05, 3.63) is 53.3 Å². The SMILES string of the molecule is COc1ccc(Cl)cc1S(=O)(=O)NCCNc1ccc(-n2ccc(C)n2)nn1. The van der Waals surface area contributed by atoms with Gasteiger partial charge in [0.05, 0.1) is 12.8 Å².